The summed E-state index contributed by atoms with van der Waals surface area (Å²) < 4.78 is 0. The molecule has 2 aliphatic rings. The quantitative estimate of drug-likeness (QED) is 0.842. The minimum Gasteiger partial charge on any atom is -0.356 e. The Balaban J connectivity index is 1.49. The lowest BCUT2D eigenvalue weighted by Crippen LogP contribution is -2.30. The summed E-state index contributed by atoms with van der Waals surface area (Å²) in [4.78, 5) is 17.9. The molecule has 0 spiro atoms. The SMILES string of the molecule is Cc1ncnc(N2CC3CN(c4cccc(C#N)n4)CC3C2)c1C. The zero-order valence-electron chi connectivity index (χ0n) is 14.0. The first-order chi connectivity index (χ1) is 11.7. The highest BCUT2D eigenvalue weighted by molar-refractivity contribution is 5.50. The highest BCUT2D eigenvalue weighted by Gasteiger charge is 2.41. The molecule has 6 heteroatoms. The Kier molecular flexibility index (Phi) is 3.57. The summed E-state index contributed by atoms with van der Waals surface area (Å²) in [7, 11) is 0. The van der Waals surface area contributed by atoms with Crippen LogP contribution < -0.4 is 9.80 Å². The van der Waals surface area contributed by atoms with Gasteiger partial charge in [-0.2, -0.15) is 5.26 Å². The van der Waals surface area contributed by atoms with E-state index in [0.29, 0.717) is 17.5 Å². The highest BCUT2D eigenvalue weighted by atomic mass is 15.3. The van der Waals surface area contributed by atoms with Crippen molar-refractivity contribution in [1.29, 1.82) is 5.26 Å². The van der Waals surface area contributed by atoms with Crippen LogP contribution >= 0.6 is 0 Å². The first kappa shape index (κ1) is 14.9. The molecule has 0 aromatic carbocycles. The van der Waals surface area contributed by atoms with Crippen molar-refractivity contribution in [2.75, 3.05) is 36.0 Å². The van der Waals surface area contributed by atoms with Crippen molar-refractivity contribution in [2.24, 2.45) is 11.8 Å². The van der Waals surface area contributed by atoms with E-state index in [-0.39, 0.29) is 0 Å². The summed E-state index contributed by atoms with van der Waals surface area (Å²) in [5.74, 6) is 3.23. The number of hydrogen-bond donors (Lipinski definition) is 0. The van der Waals surface area contributed by atoms with Gasteiger partial charge in [0.25, 0.3) is 0 Å². The molecule has 0 amide bonds. The summed E-state index contributed by atoms with van der Waals surface area (Å²) in [5.41, 5.74) is 2.71. The second-order valence-corrected chi connectivity index (χ2v) is 6.73. The molecule has 2 aromatic rings. The fourth-order valence-corrected chi connectivity index (χ4v) is 3.86. The Morgan fingerprint density at radius 3 is 2.46 bits per heavy atom. The van der Waals surface area contributed by atoms with Crippen LogP contribution in [0.5, 0.6) is 0 Å². The van der Waals surface area contributed by atoms with Gasteiger partial charge >= 0.3 is 0 Å². The van der Waals surface area contributed by atoms with Gasteiger partial charge in [0, 0.05) is 49.3 Å². The Morgan fingerprint density at radius 2 is 1.75 bits per heavy atom. The predicted octanol–water partition coefficient (Wildman–Crippen LogP) is 1.93. The molecular formula is C18H20N6. The fourth-order valence-electron chi connectivity index (χ4n) is 3.86. The third kappa shape index (κ3) is 2.46. The van der Waals surface area contributed by atoms with Crippen molar-refractivity contribution < 1.29 is 0 Å². The maximum Gasteiger partial charge on any atom is 0.142 e. The van der Waals surface area contributed by atoms with Crippen molar-refractivity contribution in [3.8, 4) is 6.07 Å². The topological polar surface area (TPSA) is 68.9 Å². The molecule has 0 aliphatic carbocycles. The second-order valence-electron chi connectivity index (χ2n) is 6.73. The van der Waals surface area contributed by atoms with E-state index in [4.69, 9.17) is 5.26 Å². The van der Waals surface area contributed by atoms with Gasteiger partial charge < -0.3 is 9.80 Å². The van der Waals surface area contributed by atoms with Crippen molar-refractivity contribution >= 4 is 11.6 Å². The number of anilines is 2. The molecule has 0 N–H and O–H groups in total. The van der Waals surface area contributed by atoms with Crippen LogP contribution in [0.1, 0.15) is 17.0 Å². The number of nitriles is 1. The molecule has 122 valence electrons. The third-order valence-corrected chi connectivity index (χ3v) is 5.27. The minimum atomic E-state index is 0.485. The number of nitrogens with zero attached hydrogens (tertiary/aromatic N) is 6. The smallest absolute Gasteiger partial charge is 0.142 e. The number of aryl methyl sites for hydroxylation is 1. The van der Waals surface area contributed by atoms with Gasteiger partial charge in [-0.1, -0.05) is 6.07 Å². The molecule has 24 heavy (non-hydrogen) atoms. The van der Waals surface area contributed by atoms with E-state index < -0.39 is 0 Å². The monoisotopic (exact) mass is 320 g/mol. The number of rotatable bonds is 2. The van der Waals surface area contributed by atoms with Crippen molar-refractivity contribution in [1.82, 2.24) is 15.0 Å². The Morgan fingerprint density at radius 1 is 1.04 bits per heavy atom. The van der Waals surface area contributed by atoms with E-state index >= 15 is 0 Å². The van der Waals surface area contributed by atoms with Gasteiger partial charge in [0.15, 0.2) is 0 Å². The molecule has 2 fully saturated rings. The summed E-state index contributed by atoms with van der Waals surface area (Å²) >= 11 is 0. The average molecular weight is 320 g/mol. The zero-order valence-corrected chi connectivity index (χ0v) is 14.0. The predicted molar refractivity (Wildman–Crippen MR) is 91.9 cm³/mol. The molecule has 0 radical (unpaired) electrons. The van der Waals surface area contributed by atoms with Gasteiger partial charge in [-0.15, -0.1) is 0 Å². The first-order valence-electron chi connectivity index (χ1n) is 8.31. The molecule has 2 atom stereocenters. The second kappa shape index (κ2) is 5.75. The first-order valence-corrected chi connectivity index (χ1v) is 8.31. The molecule has 2 aromatic heterocycles. The van der Waals surface area contributed by atoms with E-state index in [2.05, 4.69) is 37.7 Å². The summed E-state index contributed by atoms with van der Waals surface area (Å²) in [6, 6.07) is 7.78. The Bertz CT molecular complexity index is 797. The summed E-state index contributed by atoms with van der Waals surface area (Å²) in [6.07, 6.45) is 1.66. The maximum atomic E-state index is 9.03. The molecular weight excluding hydrogens is 300 g/mol. The van der Waals surface area contributed by atoms with Crippen molar-refractivity contribution in [3.63, 3.8) is 0 Å². The average Bonchev–Trinajstić information content (AvgIpc) is 3.16. The van der Waals surface area contributed by atoms with Crippen LogP contribution in [0.4, 0.5) is 11.6 Å². The molecule has 2 unspecified atom stereocenters. The maximum absolute atomic E-state index is 9.03. The lowest BCUT2D eigenvalue weighted by molar-refractivity contribution is 0.533. The number of hydrogen-bond acceptors (Lipinski definition) is 6. The lowest BCUT2D eigenvalue weighted by Gasteiger charge is -2.24. The van der Waals surface area contributed by atoms with Crippen LogP contribution in [0, 0.1) is 37.0 Å². The molecule has 0 bridgehead atoms. The number of fused-ring (bicyclic) bond motifs is 1. The van der Waals surface area contributed by atoms with Crippen LogP contribution in [0.2, 0.25) is 0 Å². The largest absolute Gasteiger partial charge is 0.356 e. The van der Waals surface area contributed by atoms with Gasteiger partial charge in [-0.3, -0.25) is 0 Å². The molecule has 4 rings (SSSR count). The lowest BCUT2D eigenvalue weighted by atomic mass is 10.0. The van der Waals surface area contributed by atoms with Gasteiger partial charge in [0.1, 0.15) is 29.7 Å². The number of aromatic nitrogens is 3. The van der Waals surface area contributed by atoms with Crippen LogP contribution in [0.15, 0.2) is 24.5 Å². The van der Waals surface area contributed by atoms with Crippen LogP contribution in [0.25, 0.3) is 0 Å². The Hall–Kier alpha value is -2.68. The molecule has 2 saturated heterocycles. The molecule has 4 heterocycles. The highest BCUT2D eigenvalue weighted by Crippen LogP contribution is 2.36. The van der Waals surface area contributed by atoms with Gasteiger partial charge in [0.05, 0.1) is 0 Å². The van der Waals surface area contributed by atoms with Gasteiger partial charge in [0.2, 0.25) is 0 Å². The number of pyridine rings is 1. The summed E-state index contributed by atoms with van der Waals surface area (Å²) in [5, 5.41) is 9.03. The van der Waals surface area contributed by atoms with Crippen LogP contribution in [0.3, 0.4) is 0 Å². The van der Waals surface area contributed by atoms with Crippen molar-refractivity contribution in [2.45, 2.75) is 13.8 Å². The van der Waals surface area contributed by atoms with Gasteiger partial charge in [-0.25, -0.2) is 15.0 Å². The van der Waals surface area contributed by atoms with E-state index in [9.17, 15) is 0 Å². The minimum absolute atomic E-state index is 0.485. The third-order valence-electron chi connectivity index (χ3n) is 5.27. The van der Waals surface area contributed by atoms with E-state index in [1.54, 1.807) is 12.4 Å². The summed E-state index contributed by atoms with van der Waals surface area (Å²) in [6.45, 7) is 8.17. The Labute approximate surface area is 141 Å². The molecule has 0 saturated carbocycles. The van der Waals surface area contributed by atoms with E-state index in [1.165, 1.54) is 5.56 Å². The van der Waals surface area contributed by atoms with Crippen LogP contribution in [-0.4, -0.2) is 41.1 Å². The van der Waals surface area contributed by atoms with E-state index in [0.717, 1.165) is 43.5 Å². The van der Waals surface area contributed by atoms with E-state index in [1.807, 2.05) is 19.1 Å². The van der Waals surface area contributed by atoms with Crippen LogP contribution in [-0.2, 0) is 0 Å². The van der Waals surface area contributed by atoms with Gasteiger partial charge in [-0.05, 0) is 26.0 Å². The molecule has 6 nitrogen and oxygen atoms in total. The standard InChI is InChI=1S/C18H20N6/c1-12-13(2)20-11-21-18(12)24-9-14-7-23(8-15(14)10-24)17-5-3-4-16(6-19)22-17/h3-5,11,14-15H,7-10H2,1-2H3. The normalized spacial score (nSPS) is 22.5. The fraction of sp³-hybridized carbons (Fsp3) is 0.444. The van der Waals surface area contributed by atoms with Crippen molar-refractivity contribution in [3.05, 3.63) is 41.5 Å². The zero-order chi connectivity index (χ0) is 16.7. The molecule has 2 aliphatic heterocycles.